The van der Waals surface area contributed by atoms with E-state index in [1.54, 1.807) is 25.1 Å². The molecule has 1 aromatic carbocycles. The number of benzene rings is 1. The first-order valence-electron chi connectivity index (χ1n) is 6.37. The molecule has 0 bridgehead atoms. The minimum Gasteiger partial charge on any atom is -0.465 e. The van der Waals surface area contributed by atoms with Gasteiger partial charge in [0, 0.05) is 24.0 Å². The Bertz CT molecular complexity index is 476. The number of carboxylic acid groups (broad SMARTS) is 1. The molecule has 1 aliphatic rings. The van der Waals surface area contributed by atoms with Crippen molar-refractivity contribution in [1.82, 2.24) is 4.90 Å². The fourth-order valence-corrected chi connectivity index (χ4v) is 2.84. The zero-order valence-corrected chi connectivity index (χ0v) is 11.6. The second kappa shape index (κ2) is 5.39. The third-order valence-corrected chi connectivity index (χ3v) is 4.13. The predicted molar refractivity (Wildman–Crippen MR) is 73.3 cm³/mol. The van der Waals surface area contributed by atoms with Gasteiger partial charge in [-0.15, -0.1) is 0 Å². The van der Waals surface area contributed by atoms with Gasteiger partial charge in [-0.25, -0.2) is 4.79 Å². The second-order valence-corrected chi connectivity index (χ2v) is 5.66. The number of carbonyl (C=O) groups is 1. The molecule has 2 atom stereocenters. The molecule has 1 fully saturated rings. The first kappa shape index (κ1) is 14.2. The number of aliphatic hydroxyl groups is 1. The highest BCUT2D eigenvalue weighted by Crippen LogP contribution is 2.36. The minimum absolute atomic E-state index is 0.115. The van der Waals surface area contributed by atoms with Gasteiger partial charge < -0.3 is 15.1 Å². The molecule has 0 aliphatic carbocycles. The van der Waals surface area contributed by atoms with Crippen molar-refractivity contribution in [3.63, 3.8) is 0 Å². The maximum atomic E-state index is 11.0. The van der Waals surface area contributed by atoms with Gasteiger partial charge in [0.25, 0.3) is 0 Å². The molecule has 4 nitrogen and oxygen atoms in total. The van der Waals surface area contributed by atoms with Crippen molar-refractivity contribution in [3.8, 4) is 0 Å². The Morgan fingerprint density at radius 1 is 1.53 bits per heavy atom. The van der Waals surface area contributed by atoms with Crippen LogP contribution in [0.5, 0.6) is 0 Å². The summed E-state index contributed by atoms with van der Waals surface area (Å²) in [6.07, 6.45) is 0.656. The lowest BCUT2D eigenvalue weighted by molar-refractivity contribution is -0.0343. The lowest BCUT2D eigenvalue weighted by Gasteiger charge is -2.39. The van der Waals surface area contributed by atoms with Crippen molar-refractivity contribution in [1.29, 1.82) is 0 Å². The molecule has 0 radical (unpaired) electrons. The molecule has 1 aromatic rings. The molecule has 1 amide bonds. The standard InChI is InChI=1S/C14H18ClNO3/c1-14(19,10-4-2-6-12(15)8-10)11-5-3-7-16(9-11)13(17)18/h2,4,6,8,11,19H,3,5,7,9H2,1H3,(H,17,18). The van der Waals surface area contributed by atoms with Crippen molar-refractivity contribution in [3.05, 3.63) is 34.9 Å². The number of rotatable bonds is 2. The number of piperidine rings is 1. The Kier molecular flexibility index (Phi) is 4.02. The predicted octanol–water partition coefficient (Wildman–Crippen LogP) is 2.94. The quantitative estimate of drug-likeness (QED) is 0.877. The summed E-state index contributed by atoms with van der Waals surface area (Å²) in [5.74, 6) is -0.115. The molecule has 104 valence electrons. The van der Waals surface area contributed by atoms with Gasteiger partial charge >= 0.3 is 6.09 Å². The smallest absolute Gasteiger partial charge is 0.407 e. The molecular formula is C14H18ClNO3. The molecule has 0 aromatic heterocycles. The van der Waals surface area contributed by atoms with Crippen molar-refractivity contribution in [2.24, 2.45) is 5.92 Å². The number of hydrogen-bond acceptors (Lipinski definition) is 2. The first-order valence-corrected chi connectivity index (χ1v) is 6.75. The van der Waals surface area contributed by atoms with E-state index in [1.807, 2.05) is 6.07 Å². The van der Waals surface area contributed by atoms with E-state index in [2.05, 4.69) is 0 Å². The topological polar surface area (TPSA) is 60.8 Å². The fraction of sp³-hybridized carbons (Fsp3) is 0.500. The van der Waals surface area contributed by atoms with Gasteiger partial charge in [-0.3, -0.25) is 0 Å². The highest BCUT2D eigenvalue weighted by molar-refractivity contribution is 6.30. The summed E-state index contributed by atoms with van der Waals surface area (Å²) in [5.41, 5.74) is -0.337. The third kappa shape index (κ3) is 3.01. The van der Waals surface area contributed by atoms with E-state index < -0.39 is 11.7 Å². The monoisotopic (exact) mass is 283 g/mol. The summed E-state index contributed by atoms with van der Waals surface area (Å²) >= 11 is 5.95. The van der Waals surface area contributed by atoms with Crippen molar-refractivity contribution in [2.75, 3.05) is 13.1 Å². The molecule has 19 heavy (non-hydrogen) atoms. The average molecular weight is 284 g/mol. The maximum Gasteiger partial charge on any atom is 0.407 e. The van der Waals surface area contributed by atoms with Crippen molar-refractivity contribution < 1.29 is 15.0 Å². The van der Waals surface area contributed by atoms with Crippen LogP contribution in [0.3, 0.4) is 0 Å². The van der Waals surface area contributed by atoms with Gasteiger partial charge in [0.1, 0.15) is 0 Å². The van der Waals surface area contributed by atoms with Crippen LogP contribution in [0.1, 0.15) is 25.3 Å². The van der Waals surface area contributed by atoms with Crippen LogP contribution in [0, 0.1) is 5.92 Å². The number of nitrogens with zero attached hydrogens (tertiary/aromatic N) is 1. The van der Waals surface area contributed by atoms with E-state index >= 15 is 0 Å². The van der Waals surface area contributed by atoms with Gasteiger partial charge in [0.2, 0.25) is 0 Å². The van der Waals surface area contributed by atoms with Gasteiger partial charge in [-0.2, -0.15) is 0 Å². The third-order valence-electron chi connectivity index (χ3n) is 3.90. The molecule has 2 unspecified atom stereocenters. The van der Waals surface area contributed by atoms with Crippen LogP contribution >= 0.6 is 11.6 Å². The van der Waals surface area contributed by atoms with Crippen molar-refractivity contribution >= 4 is 17.7 Å². The first-order chi connectivity index (χ1) is 8.91. The van der Waals surface area contributed by atoms with E-state index in [0.717, 1.165) is 18.4 Å². The second-order valence-electron chi connectivity index (χ2n) is 5.23. The van der Waals surface area contributed by atoms with E-state index in [0.29, 0.717) is 18.1 Å². The van der Waals surface area contributed by atoms with Crippen LogP contribution < -0.4 is 0 Å². The summed E-state index contributed by atoms with van der Waals surface area (Å²) in [6.45, 7) is 2.63. The SMILES string of the molecule is CC(O)(c1cccc(Cl)c1)C1CCCN(C(=O)O)C1. The summed E-state index contributed by atoms with van der Waals surface area (Å²) in [5, 5.41) is 20.4. The molecule has 2 rings (SSSR count). The van der Waals surface area contributed by atoms with Crippen LogP contribution in [-0.4, -0.2) is 34.3 Å². The summed E-state index contributed by atoms with van der Waals surface area (Å²) in [7, 11) is 0. The van der Waals surface area contributed by atoms with E-state index in [4.69, 9.17) is 16.7 Å². The normalized spacial score (nSPS) is 22.9. The minimum atomic E-state index is -1.07. The Hall–Kier alpha value is -1.26. The fourth-order valence-electron chi connectivity index (χ4n) is 2.65. The molecule has 2 N–H and O–H groups in total. The molecule has 0 spiro atoms. The van der Waals surface area contributed by atoms with Crippen LogP contribution in [0.2, 0.25) is 5.02 Å². The lowest BCUT2D eigenvalue weighted by atomic mass is 9.78. The Labute approximate surface area is 117 Å². The number of halogens is 1. The summed E-state index contributed by atoms with van der Waals surface area (Å²) in [6, 6.07) is 7.11. The Balaban J connectivity index is 2.21. The molecule has 1 saturated heterocycles. The molecule has 1 heterocycles. The highest BCUT2D eigenvalue weighted by Gasteiger charge is 2.37. The molecule has 0 saturated carbocycles. The molecule has 5 heteroatoms. The van der Waals surface area contributed by atoms with Gasteiger partial charge in [0.05, 0.1) is 5.60 Å². The number of amides is 1. The Morgan fingerprint density at radius 3 is 2.89 bits per heavy atom. The van der Waals surface area contributed by atoms with Gasteiger partial charge in [-0.05, 0) is 37.5 Å². The van der Waals surface area contributed by atoms with E-state index in [-0.39, 0.29) is 5.92 Å². The molecular weight excluding hydrogens is 266 g/mol. The van der Waals surface area contributed by atoms with Crippen LogP contribution in [0.25, 0.3) is 0 Å². The highest BCUT2D eigenvalue weighted by atomic mass is 35.5. The summed E-state index contributed by atoms with van der Waals surface area (Å²) in [4.78, 5) is 12.4. The van der Waals surface area contributed by atoms with E-state index in [1.165, 1.54) is 4.90 Å². The summed E-state index contributed by atoms with van der Waals surface area (Å²) < 4.78 is 0. The average Bonchev–Trinajstić information content (AvgIpc) is 2.39. The Morgan fingerprint density at radius 2 is 2.26 bits per heavy atom. The zero-order valence-electron chi connectivity index (χ0n) is 10.8. The van der Waals surface area contributed by atoms with Crippen LogP contribution in [-0.2, 0) is 5.60 Å². The zero-order chi connectivity index (χ0) is 14.0. The van der Waals surface area contributed by atoms with Crippen LogP contribution in [0.4, 0.5) is 4.79 Å². The number of hydrogen-bond donors (Lipinski definition) is 2. The van der Waals surface area contributed by atoms with Crippen molar-refractivity contribution in [2.45, 2.75) is 25.4 Å². The van der Waals surface area contributed by atoms with E-state index in [9.17, 15) is 9.90 Å². The van der Waals surface area contributed by atoms with Crippen LogP contribution in [0.15, 0.2) is 24.3 Å². The van der Waals surface area contributed by atoms with Gasteiger partial charge in [0.15, 0.2) is 0 Å². The largest absolute Gasteiger partial charge is 0.465 e. The lowest BCUT2D eigenvalue weighted by Crippen LogP contribution is -2.46. The maximum absolute atomic E-state index is 11.0. The molecule has 1 aliphatic heterocycles. The number of likely N-dealkylation sites (tertiary alicyclic amines) is 1. The van der Waals surface area contributed by atoms with Gasteiger partial charge in [-0.1, -0.05) is 23.7 Å².